The molecule has 0 saturated carbocycles. The molecule has 19 heavy (non-hydrogen) atoms. The van der Waals surface area contributed by atoms with Crippen LogP contribution in [0.3, 0.4) is 0 Å². The predicted molar refractivity (Wildman–Crippen MR) is 76.3 cm³/mol. The highest BCUT2D eigenvalue weighted by atomic mass is 32.2. The van der Waals surface area contributed by atoms with Crippen molar-refractivity contribution in [2.75, 3.05) is 26.4 Å². The van der Waals surface area contributed by atoms with Crippen LogP contribution in [-0.2, 0) is 14.8 Å². The zero-order chi connectivity index (χ0) is 14.6. The first-order valence-electron chi connectivity index (χ1n) is 6.92. The first kappa shape index (κ1) is 16.4. The number of amides is 1. The van der Waals surface area contributed by atoms with Gasteiger partial charge in [0.05, 0.1) is 6.26 Å². The second-order valence-electron chi connectivity index (χ2n) is 5.82. The Labute approximate surface area is 117 Å². The lowest BCUT2D eigenvalue weighted by Gasteiger charge is -2.35. The molecule has 1 aliphatic rings. The Hall–Kier alpha value is -0.620. The van der Waals surface area contributed by atoms with Crippen molar-refractivity contribution in [1.29, 1.82) is 0 Å². The maximum atomic E-state index is 12.0. The average Bonchev–Trinajstić information content (AvgIpc) is 2.34. The molecule has 1 fully saturated rings. The molecule has 1 amide bonds. The van der Waals surface area contributed by atoms with Gasteiger partial charge >= 0.3 is 0 Å². The highest BCUT2D eigenvalue weighted by molar-refractivity contribution is 7.88. The summed E-state index contributed by atoms with van der Waals surface area (Å²) in [6.45, 7) is 5.56. The number of likely N-dealkylation sites (tertiary alicyclic amines) is 1. The van der Waals surface area contributed by atoms with Crippen LogP contribution >= 0.6 is 0 Å². The van der Waals surface area contributed by atoms with Crippen LogP contribution in [0, 0.1) is 5.92 Å². The molecule has 0 radical (unpaired) electrons. The smallest absolute Gasteiger partial charge is 0.222 e. The van der Waals surface area contributed by atoms with Crippen LogP contribution in [0.25, 0.3) is 0 Å². The monoisotopic (exact) mass is 290 g/mol. The quantitative estimate of drug-likeness (QED) is 0.767. The Balaban J connectivity index is 2.43. The van der Waals surface area contributed by atoms with Gasteiger partial charge in [0.1, 0.15) is 0 Å². The SMILES string of the molecule is CC(C)CCC(=O)N1CCC(N(C)S(C)(=O)=O)CC1. The fourth-order valence-corrected chi connectivity index (χ4v) is 3.07. The van der Waals surface area contributed by atoms with Crippen molar-refractivity contribution in [3.05, 3.63) is 0 Å². The lowest BCUT2D eigenvalue weighted by Crippen LogP contribution is -2.47. The minimum atomic E-state index is -3.13. The second-order valence-corrected chi connectivity index (χ2v) is 7.87. The average molecular weight is 290 g/mol. The molecule has 0 spiro atoms. The van der Waals surface area contributed by atoms with Gasteiger partial charge in [0.25, 0.3) is 0 Å². The molecule has 6 heteroatoms. The fraction of sp³-hybridized carbons (Fsp3) is 0.923. The molecule has 0 bridgehead atoms. The van der Waals surface area contributed by atoms with Crippen molar-refractivity contribution in [3.63, 3.8) is 0 Å². The largest absolute Gasteiger partial charge is 0.343 e. The third-order valence-corrected chi connectivity index (χ3v) is 5.13. The minimum Gasteiger partial charge on any atom is -0.343 e. The molecule has 1 heterocycles. The number of piperidine rings is 1. The topological polar surface area (TPSA) is 57.7 Å². The molecule has 0 N–H and O–H groups in total. The first-order valence-corrected chi connectivity index (χ1v) is 8.77. The van der Waals surface area contributed by atoms with Gasteiger partial charge in [-0.25, -0.2) is 12.7 Å². The Morgan fingerprint density at radius 1 is 1.32 bits per heavy atom. The summed E-state index contributed by atoms with van der Waals surface area (Å²) in [6, 6.07) is 0.0316. The van der Waals surface area contributed by atoms with E-state index in [1.165, 1.54) is 10.6 Å². The van der Waals surface area contributed by atoms with Gasteiger partial charge < -0.3 is 4.90 Å². The van der Waals surface area contributed by atoms with Crippen molar-refractivity contribution in [2.45, 2.75) is 45.6 Å². The van der Waals surface area contributed by atoms with E-state index < -0.39 is 10.0 Å². The molecule has 0 unspecified atom stereocenters. The molecule has 1 aliphatic heterocycles. The van der Waals surface area contributed by atoms with Crippen molar-refractivity contribution in [3.8, 4) is 0 Å². The van der Waals surface area contributed by atoms with Crippen LogP contribution in [0.5, 0.6) is 0 Å². The van der Waals surface area contributed by atoms with Crippen LogP contribution < -0.4 is 0 Å². The summed E-state index contributed by atoms with van der Waals surface area (Å²) < 4.78 is 24.4. The summed E-state index contributed by atoms with van der Waals surface area (Å²) >= 11 is 0. The lowest BCUT2D eigenvalue weighted by atomic mass is 10.0. The van der Waals surface area contributed by atoms with Gasteiger partial charge in [-0.3, -0.25) is 4.79 Å². The highest BCUT2D eigenvalue weighted by Gasteiger charge is 2.28. The molecule has 0 aromatic carbocycles. The van der Waals surface area contributed by atoms with E-state index in [2.05, 4.69) is 13.8 Å². The summed E-state index contributed by atoms with van der Waals surface area (Å²) in [5.74, 6) is 0.743. The molecule has 1 rings (SSSR count). The first-order chi connectivity index (χ1) is 8.71. The third kappa shape index (κ3) is 5.10. The van der Waals surface area contributed by atoms with Gasteiger partial charge in [-0.1, -0.05) is 13.8 Å². The molecule has 112 valence electrons. The standard InChI is InChI=1S/C13H26N2O3S/c1-11(2)5-6-13(16)15-9-7-12(8-10-15)14(3)19(4,17)18/h11-12H,5-10H2,1-4H3. The Kier molecular flexibility index (Phi) is 5.80. The number of rotatable bonds is 5. The van der Waals surface area contributed by atoms with E-state index in [0.717, 1.165) is 19.3 Å². The van der Waals surface area contributed by atoms with Crippen molar-refractivity contribution in [1.82, 2.24) is 9.21 Å². The molecule has 1 saturated heterocycles. The highest BCUT2D eigenvalue weighted by Crippen LogP contribution is 2.18. The van der Waals surface area contributed by atoms with E-state index in [-0.39, 0.29) is 11.9 Å². The third-order valence-electron chi connectivity index (χ3n) is 3.79. The van der Waals surface area contributed by atoms with Crippen molar-refractivity contribution in [2.24, 2.45) is 5.92 Å². The predicted octanol–water partition coefficient (Wildman–Crippen LogP) is 1.31. The van der Waals surface area contributed by atoms with Crippen LogP contribution in [0.2, 0.25) is 0 Å². The van der Waals surface area contributed by atoms with E-state index in [1.54, 1.807) is 7.05 Å². The van der Waals surface area contributed by atoms with Crippen LogP contribution in [0.15, 0.2) is 0 Å². The van der Waals surface area contributed by atoms with Crippen molar-refractivity contribution < 1.29 is 13.2 Å². The van der Waals surface area contributed by atoms with E-state index in [0.29, 0.717) is 25.4 Å². The Bertz CT molecular complexity index is 398. The van der Waals surface area contributed by atoms with Gasteiger partial charge in [-0.2, -0.15) is 0 Å². The molecule has 0 atom stereocenters. The molecular formula is C13H26N2O3S. The second kappa shape index (κ2) is 6.70. The van der Waals surface area contributed by atoms with Crippen molar-refractivity contribution >= 4 is 15.9 Å². The number of carbonyl (C=O) groups is 1. The van der Waals surface area contributed by atoms with E-state index in [9.17, 15) is 13.2 Å². The summed E-state index contributed by atoms with van der Waals surface area (Å²) in [4.78, 5) is 13.8. The number of sulfonamides is 1. The number of hydrogen-bond donors (Lipinski definition) is 0. The van der Waals surface area contributed by atoms with Crippen LogP contribution in [-0.4, -0.2) is 56.0 Å². The molecular weight excluding hydrogens is 264 g/mol. The van der Waals surface area contributed by atoms with Crippen LogP contribution in [0.1, 0.15) is 39.5 Å². The molecule has 5 nitrogen and oxygen atoms in total. The van der Waals surface area contributed by atoms with E-state index >= 15 is 0 Å². The van der Waals surface area contributed by atoms with Crippen LogP contribution in [0.4, 0.5) is 0 Å². The molecule has 0 aromatic rings. The summed E-state index contributed by atoms with van der Waals surface area (Å²) in [5.41, 5.74) is 0. The van der Waals surface area contributed by atoms with Gasteiger partial charge in [0.15, 0.2) is 0 Å². The molecule has 0 aliphatic carbocycles. The summed E-state index contributed by atoms with van der Waals surface area (Å²) in [5, 5.41) is 0. The maximum Gasteiger partial charge on any atom is 0.222 e. The van der Waals surface area contributed by atoms with Gasteiger partial charge in [0, 0.05) is 32.6 Å². The van der Waals surface area contributed by atoms with E-state index in [1.807, 2.05) is 4.90 Å². The number of carbonyl (C=O) groups excluding carboxylic acids is 1. The fourth-order valence-electron chi connectivity index (χ4n) is 2.32. The van der Waals surface area contributed by atoms with Gasteiger partial charge in [-0.15, -0.1) is 0 Å². The normalized spacial score (nSPS) is 18.3. The Morgan fingerprint density at radius 2 is 1.84 bits per heavy atom. The maximum absolute atomic E-state index is 12.0. The molecule has 0 aromatic heterocycles. The minimum absolute atomic E-state index is 0.0316. The van der Waals surface area contributed by atoms with Gasteiger partial charge in [-0.05, 0) is 25.2 Å². The lowest BCUT2D eigenvalue weighted by molar-refractivity contribution is -0.132. The number of hydrogen-bond acceptors (Lipinski definition) is 3. The summed E-state index contributed by atoms with van der Waals surface area (Å²) in [6.07, 6.45) is 4.22. The summed E-state index contributed by atoms with van der Waals surface area (Å²) in [7, 11) is -1.51. The zero-order valence-corrected chi connectivity index (χ0v) is 13.2. The Morgan fingerprint density at radius 3 is 2.26 bits per heavy atom. The van der Waals surface area contributed by atoms with E-state index in [4.69, 9.17) is 0 Å². The van der Waals surface area contributed by atoms with Gasteiger partial charge in [0.2, 0.25) is 15.9 Å². The zero-order valence-electron chi connectivity index (χ0n) is 12.4. The number of nitrogens with zero attached hydrogens (tertiary/aromatic N) is 2.